The summed E-state index contributed by atoms with van der Waals surface area (Å²) < 4.78 is 0. The third-order valence-corrected chi connectivity index (χ3v) is 4.08. The number of rotatable bonds is 2. The second-order valence-electron chi connectivity index (χ2n) is 5.74. The summed E-state index contributed by atoms with van der Waals surface area (Å²) in [7, 11) is 0. The molecule has 20 heavy (non-hydrogen) atoms. The first-order valence-corrected chi connectivity index (χ1v) is 7.06. The second-order valence-corrected chi connectivity index (χ2v) is 5.74. The van der Waals surface area contributed by atoms with Crippen LogP contribution >= 0.6 is 0 Å². The summed E-state index contributed by atoms with van der Waals surface area (Å²) in [6, 6.07) is 4.08. The SMILES string of the molecule is Cc1cc(C)c(C(=O)N2CCC(C(N)=O)CC2)c(C)c1. The van der Waals surface area contributed by atoms with E-state index in [1.807, 2.05) is 37.8 Å². The first-order chi connectivity index (χ1) is 9.40. The first kappa shape index (κ1) is 14.6. The van der Waals surface area contributed by atoms with Crippen LogP contribution in [0.3, 0.4) is 0 Å². The largest absolute Gasteiger partial charge is 0.369 e. The fraction of sp³-hybridized carbons (Fsp3) is 0.500. The predicted molar refractivity (Wildman–Crippen MR) is 78.5 cm³/mol. The summed E-state index contributed by atoms with van der Waals surface area (Å²) in [6.45, 7) is 7.21. The van der Waals surface area contributed by atoms with Crippen LogP contribution < -0.4 is 5.73 Å². The van der Waals surface area contributed by atoms with E-state index in [2.05, 4.69) is 0 Å². The van der Waals surface area contributed by atoms with Crippen LogP contribution in [0.5, 0.6) is 0 Å². The maximum absolute atomic E-state index is 12.6. The Balaban J connectivity index is 2.16. The molecule has 0 unspecified atom stereocenters. The van der Waals surface area contributed by atoms with E-state index in [-0.39, 0.29) is 17.7 Å². The monoisotopic (exact) mass is 274 g/mol. The van der Waals surface area contributed by atoms with Crippen molar-refractivity contribution in [1.82, 2.24) is 4.90 Å². The van der Waals surface area contributed by atoms with E-state index in [1.165, 1.54) is 5.56 Å². The van der Waals surface area contributed by atoms with Crippen LogP contribution in [0.25, 0.3) is 0 Å². The lowest BCUT2D eigenvalue weighted by molar-refractivity contribution is -0.123. The number of hydrogen-bond acceptors (Lipinski definition) is 2. The number of nitrogens with two attached hydrogens (primary N) is 1. The highest BCUT2D eigenvalue weighted by atomic mass is 16.2. The summed E-state index contributed by atoms with van der Waals surface area (Å²) >= 11 is 0. The Labute approximate surface area is 119 Å². The van der Waals surface area contributed by atoms with Crippen LogP contribution in [0.4, 0.5) is 0 Å². The van der Waals surface area contributed by atoms with Gasteiger partial charge in [-0.05, 0) is 44.7 Å². The molecule has 1 aromatic carbocycles. The van der Waals surface area contributed by atoms with Crippen molar-refractivity contribution in [2.24, 2.45) is 11.7 Å². The van der Waals surface area contributed by atoms with E-state index < -0.39 is 0 Å². The number of benzene rings is 1. The summed E-state index contributed by atoms with van der Waals surface area (Å²) in [6.07, 6.45) is 1.34. The van der Waals surface area contributed by atoms with Crippen molar-refractivity contribution in [2.45, 2.75) is 33.6 Å². The smallest absolute Gasteiger partial charge is 0.254 e. The highest BCUT2D eigenvalue weighted by Gasteiger charge is 2.27. The van der Waals surface area contributed by atoms with E-state index in [4.69, 9.17) is 5.73 Å². The van der Waals surface area contributed by atoms with Crippen LogP contribution in [0.2, 0.25) is 0 Å². The number of aryl methyl sites for hydroxylation is 3. The molecular weight excluding hydrogens is 252 g/mol. The third-order valence-electron chi connectivity index (χ3n) is 4.08. The third kappa shape index (κ3) is 2.84. The Bertz CT molecular complexity index is 520. The van der Waals surface area contributed by atoms with E-state index in [0.717, 1.165) is 16.7 Å². The molecule has 1 aliphatic heterocycles. The van der Waals surface area contributed by atoms with Gasteiger partial charge in [0.25, 0.3) is 5.91 Å². The number of hydrogen-bond donors (Lipinski definition) is 1. The molecule has 1 heterocycles. The fourth-order valence-electron chi connectivity index (χ4n) is 3.04. The van der Waals surface area contributed by atoms with Crippen LogP contribution in [-0.2, 0) is 4.79 Å². The van der Waals surface area contributed by atoms with Crippen LogP contribution in [0.15, 0.2) is 12.1 Å². The molecule has 1 aliphatic rings. The number of primary amides is 1. The minimum Gasteiger partial charge on any atom is -0.369 e. The lowest BCUT2D eigenvalue weighted by atomic mass is 9.94. The Morgan fingerprint density at radius 3 is 2.05 bits per heavy atom. The average molecular weight is 274 g/mol. The highest BCUT2D eigenvalue weighted by Crippen LogP contribution is 2.22. The number of piperidine rings is 1. The molecule has 0 saturated carbocycles. The molecule has 4 heteroatoms. The predicted octanol–water partition coefficient (Wildman–Crippen LogP) is 1.95. The molecule has 1 aromatic rings. The highest BCUT2D eigenvalue weighted by molar-refractivity contribution is 5.97. The van der Waals surface area contributed by atoms with Crippen LogP contribution in [0, 0.1) is 26.7 Å². The Hall–Kier alpha value is -1.84. The maximum Gasteiger partial charge on any atom is 0.254 e. The van der Waals surface area contributed by atoms with E-state index in [0.29, 0.717) is 25.9 Å². The molecule has 2 amide bonds. The van der Waals surface area contributed by atoms with Crippen molar-refractivity contribution in [3.8, 4) is 0 Å². The molecule has 2 rings (SSSR count). The van der Waals surface area contributed by atoms with Crippen molar-refractivity contribution < 1.29 is 9.59 Å². The van der Waals surface area contributed by atoms with Gasteiger partial charge < -0.3 is 10.6 Å². The minimum absolute atomic E-state index is 0.0721. The van der Waals surface area contributed by atoms with Gasteiger partial charge in [0.05, 0.1) is 0 Å². The van der Waals surface area contributed by atoms with Gasteiger partial charge in [-0.1, -0.05) is 17.7 Å². The van der Waals surface area contributed by atoms with Crippen LogP contribution in [-0.4, -0.2) is 29.8 Å². The van der Waals surface area contributed by atoms with Gasteiger partial charge >= 0.3 is 0 Å². The molecule has 0 spiro atoms. The van der Waals surface area contributed by atoms with Gasteiger partial charge in [0, 0.05) is 24.6 Å². The minimum atomic E-state index is -0.250. The van der Waals surface area contributed by atoms with Crippen molar-refractivity contribution in [3.05, 3.63) is 34.4 Å². The van der Waals surface area contributed by atoms with Crippen molar-refractivity contribution >= 4 is 11.8 Å². The Kier molecular flexibility index (Phi) is 4.12. The standard InChI is InChI=1S/C16H22N2O2/c1-10-8-11(2)14(12(3)9-10)16(20)18-6-4-13(5-7-18)15(17)19/h8-9,13H,4-7H2,1-3H3,(H2,17,19). The number of nitrogens with zero attached hydrogens (tertiary/aromatic N) is 1. The zero-order valence-corrected chi connectivity index (χ0v) is 12.4. The summed E-state index contributed by atoms with van der Waals surface area (Å²) in [5, 5.41) is 0. The molecule has 2 N–H and O–H groups in total. The van der Waals surface area contributed by atoms with Gasteiger partial charge in [-0.15, -0.1) is 0 Å². The molecule has 0 bridgehead atoms. The van der Waals surface area contributed by atoms with Gasteiger partial charge in [-0.3, -0.25) is 9.59 Å². The van der Waals surface area contributed by atoms with Gasteiger partial charge in [0.2, 0.25) is 5.91 Å². The second kappa shape index (κ2) is 5.65. The van der Waals surface area contributed by atoms with Gasteiger partial charge in [0.15, 0.2) is 0 Å². The number of carbonyl (C=O) groups excluding carboxylic acids is 2. The molecular formula is C16H22N2O2. The Morgan fingerprint density at radius 1 is 1.10 bits per heavy atom. The van der Waals surface area contributed by atoms with Gasteiger partial charge in [-0.2, -0.15) is 0 Å². The van der Waals surface area contributed by atoms with Crippen molar-refractivity contribution in [2.75, 3.05) is 13.1 Å². The number of likely N-dealkylation sites (tertiary alicyclic amines) is 1. The molecule has 0 radical (unpaired) electrons. The average Bonchev–Trinajstić information content (AvgIpc) is 2.37. The van der Waals surface area contributed by atoms with E-state index in [9.17, 15) is 9.59 Å². The quantitative estimate of drug-likeness (QED) is 0.896. The van der Waals surface area contributed by atoms with Crippen molar-refractivity contribution in [1.29, 1.82) is 0 Å². The van der Waals surface area contributed by atoms with Crippen LogP contribution in [0.1, 0.15) is 39.9 Å². The summed E-state index contributed by atoms with van der Waals surface area (Å²) in [5.41, 5.74) is 9.33. The fourth-order valence-corrected chi connectivity index (χ4v) is 3.04. The summed E-state index contributed by atoms with van der Waals surface area (Å²) in [4.78, 5) is 25.6. The lowest BCUT2D eigenvalue weighted by Crippen LogP contribution is -2.42. The zero-order valence-electron chi connectivity index (χ0n) is 12.4. The van der Waals surface area contributed by atoms with Gasteiger partial charge in [0.1, 0.15) is 0 Å². The maximum atomic E-state index is 12.6. The molecule has 0 atom stereocenters. The normalized spacial score (nSPS) is 16.2. The molecule has 108 valence electrons. The number of carbonyl (C=O) groups is 2. The molecule has 1 fully saturated rings. The Morgan fingerprint density at radius 2 is 1.60 bits per heavy atom. The van der Waals surface area contributed by atoms with E-state index >= 15 is 0 Å². The molecule has 4 nitrogen and oxygen atoms in total. The summed E-state index contributed by atoms with van der Waals surface area (Å²) in [5.74, 6) is -0.262. The number of amides is 2. The molecule has 1 saturated heterocycles. The van der Waals surface area contributed by atoms with E-state index in [1.54, 1.807) is 0 Å². The topological polar surface area (TPSA) is 63.4 Å². The lowest BCUT2D eigenvalue weighted by Gasteiger charge is -2.31. The zero-order chi connectivity index (χ0) is 14.9. The molecule has 0 aliphatic carbocycles. The van der Waals surface area contributed by atoms with Gasteiger partial charge in [-0.25, -0.2) is 0 Å². The van der Waals surface area contributed by atoms with Crippen molar-refractivity contribution in [3.63, 3.8) is 0 Å². The molecule has 0 aromatic heterocycles. The first-order valence-electron chi connectivity index (χ1n) is 7.06.